The van der Waals surface area contributed by atoms with E-state index in [0.29, 0.717) is 36.3 Å². The van der Waals surface area contributed by atoms with Crippen molar-refractivity contribution < 1.29 is 39.0 Å². The smallest absolute Gasteiger partial charge is 0.323 e. The first-order chi connectivity index (χ1) is 24.5. The molecule has 6 atom stereocenters. The monoisotopic (exact) mass is 832 g/mol. The third kappa shape index (κ3) is 10.3. The van der Waals surface area contributed by atoms with Gasteiger partial charge in [-0.2, -0.15) is 0 Å². The van der Waals surface area contributed by atoms with Gasteiger partial charge in [-0.05, 0) is 73.8 Å². The number of carboxylic acids is 1. The average molecular weight is 833 g/mol. The number of urea groups is 1. The molecule has 1 aliphatic carbocycles. The molecule has 1 aliphatic heterocycles. The van der Waals surface area contributed by atoms with E-state index < -0.39 is 65.5 Å². The molecule has 4 rings (SSSR count). The number of para-hydroxylation sites is 1. The molecule has 2 aliphatic rings. The van der Waals surface area contributed by atoms with Gasteiger partial charge in [0.05, 0.1) is 12.0 Å². The van der Waals surface area contributed by atoms with Crippen LogP contribution in [0.4, 0.5) is 16.2 Å². The zero-order chi connectivity index (χ0) is 38.3. The van der Waals surface area contributed by atoms with Gasteiger partial charge in [-0.1, -0.05) is 58.0 Å². The van der Waals surface area contributed by atoms with Gasteiger partial charge in [0, 0.05) is 46.9 Å². The van der Waals surface area contributed by atoms with E-state index in [1.807, 2.05) is 39.0 Å². The van der Waals surface area contributed by atoms with Crippen LogP contribution in [0.5, 0.6) is 0 Å². The standard InChI is InChI=1S/C37H49IN6O8/c1-20(2)17-27(40-29(45)18-23-12-14-24(15-13-23)39-36(52)41-26-10-7-6-9-22(26)5)32(47)43-37(19-25(37)34(49)50)35(51)42-30(21(3)4)33(48)44-16-8-11-28(44)31(38)46/h6-7,9-10,12-15,20-21,25,27-30,40,45H,8,11,16-19H2,1-5H3,(H,42,51)(H,43,47)(H,49,50)(H2,39,41,52)/t25?,27-,28-,29?,30-,37?/m0/s1. The van der Waals surface area contributed by atoms with Crippen LogP contribution >= 0.6 is 22.6 Å². The Morgan fingerprint density at radius 1 is 0.981 bits per heavy atom. The van der Waals surface area contributed by atoms with E-state index >= 15 is 0 Å². The Morgan fingerprint density at radius 2 is 1.65 bits per heavy atom. The van der Waals surface area contributed by atoms with Crippen molar-refractivity contribution in [2.45, 2.75) is 96.6 Å². The fraction of sp³-hybridized carbons (Fsp3) is 0.514. The second-order valence-corrected chi connectivity index (χ2v) is 15.5. The SMILES string of the molecule is Cc1ccccc1NC(=O)Nc1ccc(CC(O)N[C@@H](CC(C)C)C(=O)NC2(C(=O)N[C@H](C(=O)N3CCC[C@H]3C(=O)I)C(C)C)CC2C(=O)O)cc1. The molecular formula is C37H49IN6O8. The molecule has 52 heavy (non-hydrogen) atoms. The number of carbonyl (C=O) groups excluding carboxylic acids is 5. The summed E-state index contributed by atoms with van der Waals surface area (Å²) in [7, 11) is 0. The first kappa shape index (κ1) is 40.7. The van der Waals surface area contributed by atoms with Gasteiger partial charge >= 0.3 is 12.0 Å². The number of amides is 5. The molecule has 15 heteroatoms. The molecule has 1 saturated heterocycles. The number of carboxylic acid groups (broad SMARTS) is 1. The minimum atomic E-state index is -1.80. The number of aliphatic hydroxyl groups excluding tert-OH is 1. The van der Waals surface area contributed by atoms with E-state index in [9.17, 15) is 39.0 Å². The van der Waals surface area contributed by atoms with Gasteiger partial charge in [-0.3, -0.25) is 29.3 Å². The summed E-state index contributed by atoms with van der Waals surface area (Å²) in [6, 6.07) is 11.2. The van der Waals surface area contributed by atoms with Crippen molar-refractivity contribution in [3.8, 4) is 0 Å². The molecule has 282 valence electrons. The molecule has 2 aromatic rings. The predicted molar refractivity (Wildman–Crippen MR) is 203 cm³/mol. The van der Waals surface area contributed by atoms with Crippen molar-refractivity contribution in [1.29, 1.82) is 0 Å². The Labute approximate surface area is 317 Å². The van der Waals surface area contributed by atoms with Gasteiger partial charge in [0.1, 0.15) is 23.9 Å². The summed E-state index contributed by atoms with van der Waals surface area (Å²) < 4.78 is -0.173. The fourth-order valence-electron chi connectivity index (χ4n) is 6.50. The number of hydrogen-bond acceptors (Lipinski definition) is 8. The summed E-state index contributed by atoms with van der Waals surface area (Å²) in [5.41, 5.74) is 1.07. The number of carbonyl (C=O) groups is 6. The third-order valence-electron chi connectivity index (χ3n) is 9.48. The Balaban J connectivity index is 1.40. The number of benzene rings is 2. The van der Waals surface area contributed by atoms with Crippen molar-refractivity contribution >= 4 is 67.5 Å². The highest BCUT2D eigenvalue weighted by Gasteiger charge is 2.66. The van der Waals surface area contributed by atoms with E-state index in [4.69, 9.17) is 0 Å². The Bertz CT molecular complexity index is 1650. The number of rotatable bonds is 16. The Hall–Kier alpha value is -4.09. The highest BCUT2D eigenvalue weighted by molar-refractivity contribution is 14.1. The van der Waals surface area contributed by atoms with Crippen molar-refractivity contribution in [3.05, 3.63) is 59.7 Å². The first-order valence-corrected chi connectivity index (χ1v) is 18.6. The third-order valence-corrected chi connectivity index (χ3v) is 10.2. The molecule has 0 radical (unpaired) electrons. The zero-order valence-corrected chi connectivity index (χ0v) is 32.2. The van der Waals surface area contributed by atoms with Crippen LogP contribution in [0.25, 0.3) is 0 Å². The Kier molecular flexibility index (Phi) is 13.8. The van der Waals surface area contributed by atoms with Crippen LogP contribution in [0.3, 0.4) is 0 Å². The molecule has 7 N–H and O–H groups in total. The van der Waals surface area contributed by atoms with Gasteiger partial charge in [0.25, 0.3) is 0 Å². The summed E-state index contributed by atoms with van der Waals surface area (Å²) in [4.78, 5) is 79.4. The number of nitrogens with zero attached hydrogens (tertiary/aromatic N) is 1. The Morgan fingerprint density at radius 3 is 2.23 bits per heavy atom. The summed E-state index contributed by atoms with van der Waals surface area (Å²) >= 11 is 1.67. The van der Waals surface area contributed by atoms with E-state index in [2.05, 4.69) is 26.6 Å². The molecule has 2 fully saturated rings. The van der Waals surface area contributed by atoms with Crippen LogP contribution in [-0.2, 0) is 30.4 Å². The van der Waals surface area contributed by atoms with Gasteiger partial charge in [0.15, 0.2) is 0 Å². The topological polar surface area (TPSA) is 206 Å². The lowest BCUT2D eigenvalue weighted by molar-refractivity contribution is -0.143. The highest BCUT2D eigenvalue weighted by Crippen LogP contribution is 2.44. The van der Waals surface area contributed by atoms with E-state index in [1.165, 1.54) is 4.90 Å². The quantitative estimate of drug-likeness (QED) is 0.0750. The van der Waals surface area contributed by atoms with Crippen LogP contribution in [-0.4, -0.2) is 85.1 Å². The minimum Gasteiger partial charge on any atom is -0.481 e. The summed E-state index contributed by atoms with van der Waals surface area (Å²) in [5, 5.41) is 34.8. The summed E-state index contributed by atoms with van der Waals surface area (Å²) in [6.45, 7) is 9.52. The van der Waals surface area contributed by atoms with Crippen LogP contribution < -0.4 is 26.6 Å². The van der Waals surface area contributed by atoms with Crippen molar-refractivity contribution in [2.24, 2.45) is 17.8 Å². The first-order valence-electron chi connectivity index (χ1n) is 17.5. The van der Waals surface area contributed by atoms with Crippen LogP contribution in [0.2, 0.25) is 0 Å². The predicted octanol–water partition coefficient (Wildman–Crippen LogP) is 3.56. The number of anilines is 2. The van der Waals surface area contributed by atoms with Gasteiger partial charge in [-0.25, -0.2) is 4.79 Å². The minimum absolute atomic E-state index is 0.0113. The maximum absolute atomic E-state index is 13.8. The molecule has 5 amide bonds. The molecular weight excluding hydrogens is 783 g/mol. The number of halogens is 1. The van der Waals surface area contributed by atoms with Gasteiger partial charge in [-0.15, -0.1) is 0 Å². The van der Waals surface area contributed by atoms with E-state index in [1.54, 1.807) is 66.8 Å². The van der Waals surface area contributed by atoms with Crippen molar-refractivity contribution in [1.82, 2.24) is 20.9 Å². The maximum Gasteiger partial charge on any atom is 0.323 e. The lowest BCUT2D eigenvalue weighted by Gasteiger charge is -2.31. The number of aliphatic hydroxyl groups is 1. The summed E-state index contributed by atoms with van der Waals surface area (Å²) in [5.74, 6) is -4.76. The van der Waals surface area contributed by atoms with Gasteiger partial charge in [0.2, 0.25) is 21.5 Å². The highest BCUT2D eigenvalue weighted by atomic mass is 127. The molecule has 0 bridgehead atoms. The van der Waals surface area contributed by atoms with Crippen molar-refractivity contribution in [3.63, 3.8) is 0 Å². The fourth-order valence-corrected chi connectivity index (χ4v) is 7.15. The molecule has 3 unspecified atom stereocenters. The molecule has 1 heterocycles. The number of likely N-dealkylation sites (tertiary alicyclic amines) is 1. The lowest BCUT2D eigenvalue weighted by Crippen LogP contribution is -2.61. The number of aliphatic carboxylic acids is 1. The molecule has 14 nitrogen and oxygen atoms in total. The largest absolute Gasteiger partial charge is 0.481 e. The summed E-state index contributed by atoms with van der Waals surface area (Å²) in [6.07, 6.45) is 0.199. The van der Waals surface area contributed by atoms with Gasteiger partial charge < -0.3 is 36.4 Å². The molecule has 2 aromatic carbocycles. The van der Waals surface area contributed by atoms with Crippen LogP contribution in [0.15, 0.2) is 48.5 Å². The second-order valence-electron chi connectivity index (χ2n) is 14.4. The van der Waals surface area contributed by atoms with Crippen LogP contribution in [0, 0.1) is 24.7 Å². The van der Waals surface area contributed by atoms with Crippen molar-refractivity contribution in [2.75, 3.05) is 17.2 Å². The van der Waals surface area contributed by atoms with E-state index in [-0.39, 0.29) is 34.9 Å². The number of nitrogens with one attached hydrogen (secondary N) is 5. The molecule has 0 aromatic heterocycles. The number of aryl methyl sites for hydroxylation is 1. The van der Waals surface area contributed by atoms with E-state index in [0.717, 1.165) is 5.56 Å². The maximum atomic E-state index is 13.8. The number of hydrogen-bond donors (Lipinski definition) is 7. The zero-order valence-electron chi connectivity index (χ0n) is 30.1. The lowest BCUT2D eigenvalue weighted by atomic mass is 9.99. The average Bonchev–Trinajstić information content (AvgIpc) is 3.59. The van der Waals surface area contributed by atoms with Crippen LogP contribution in [0.1, 0.15) is 64.5 Å². The molecule has 0 spiro atoms. The second kappa shape index (κ2) is 17.6. The molecule has 1 saturated carbocycles. The normalized spacial score (nSPS) is 21.2.